The lowest BCUT2D eigenvalue weighted by Crippen LogP contribution is -2.22. The summed E-state index contributed by atoms with van der Waals surface area (Å²) in [5.41, 5.74) is 1.08. The number of nitrogens with zero attached hydrogens (tertiary/aromatic N) is 6. The molecule has 0 bridgehead atoms. The molecule has 35 heavy (non-hydrogen) atoms. The van der Waals surface area contributed by atoms with Crippen LogP contribution in [0.1, 0.15) is 45.9 Å². The molecule has 0 aliphatic carbocycles. The van der Waals surface area contributed by atoms with Crippen molar-refractivity contribution in [3.8, 4) is 11.5 Å². The van der Waals surface area contributed by atoms with Gasteiger partial charge in [0.05, 0.1) is 31.2 Å². The second-order valence-electron chi connectivity index (χ2n) is 9.53. The Morgan fingerprint density at radius 2 is 2.00 bits per heavy atom. The topological polar surface area (TPSA) is 120 Å². The highest BCUT2D eigenvalue weighted by atomic mass is 16.5. The summed E-state index contributed by atoms with van der Waals surface area (Å²) < 4.78 is 15.3. The molecule has 0 spiro atoms. The predicted octanol–water partition coefficient (Wildman–Crippen LogP) is 4.07. The minimum absolute atomic E-state index is 0.0605. The SMILES string of the molecule is CC(=O)Nc1cc(Oc2cnc3nc(Nc4cc(C(C)(C)C)n([C@@H]5CCOC5)n4)cn3c2)ccn1. The Bertz CT molecular complexity index is 1360. The third-order valence-electron chi connectivity index (χ3n) is 5.57. The fourth-order valence-electron chi connectivity index (χ4n) is 3.98. The highest BCUT2D eigenvalue weighted by Crippen LogP contribution is 2.31. The molecule has 4 aromatic heterocycles. The van der Waals surface area contributed by atoms with Crippen molar-refractivity contribution in [3.05, 3.63) is 48.7 Å². The van der Waals surface area contributed by atoms with Crippen molar-refractivity contribution >= 4 is 29.1 Å². The average molecular weight is 477 g/mol. The third kappa shape index (κ3) is 5.09. The second-order valence-corrected chi connectivity index (χ2v) is 9.53. The minimum atomic E-state index is -0.202. The van der Waals surface area contributed by atoms with Crippen LogP contribution in [0.25, 0.3) is 5.78 Å². The zero-order valence-electron chi connectivity index (χ0n) is 20.1. The van der Waals surface area contributed by atoms with Crippen LogP contribution in [0.4, 0.5) is 17.5 Å². The van der Waals surface area contributed by atoms with E-state index in [9.17, 15) is 4.79 Å². The molecule has 11 nitrogen and oxygen atoms in total. The second kappa shape index (κ2) is 8.99. The number of ether oxygens (including phenoxy) is 2. The van der Waals surface area contributed by atoms with E-state index in [0.717, 1.165) is 24.5 Å². The zero-order chi connectivity index (χ0) is 24.6. The normalized spacial score (nSPS) is 15.9. The molecule has 1 saturated heterocycles. The molecular formula is C24H28N8O3. The Labute approximate surface area is 202 Å². The van der Waals surface area contributed by atoms with E-state index < -0.39 is 0 Å². The number of fused-ring (bicyclic) bond motifs is 1. The number of carbonyl (C=O) groups excluding carboxylic acids is 1. The molecule has 5 heterocycles. The molecule has 5 rings (SSSR count). The summed E-state index contributed by atoms with van der Waals surface area (Å²) in [6, 6.07) is 5.65. The van der Waals surface area contributed by atoms with Gasteiger partial charge in [-0.2, -0.15) is 10.1 Å². The fraction of sp³-hybridized carbons (Fsp3) is 0.375. The highest BCUT2D eigenvalue weighted by molar-refractivity contribution is 5.87. The summed E-state index contributed by atoms with van der Waals surface area (Å²) >= 11 is 0. The third-order valence-corrected chi connectivity index (χ3v) is 5.57. The number of hydrogen-bond acceptors (Lipinski definition) is 8. The number of anilines is 3. The van der Waals surface area contributed by atoms with Gasteiger partial charge in [0.15, 0.2) is 17.4 Å². The summed E-state index contributed by atoms with van der Waals surface area (Å²) in [5, 5.41) is 10.8. The van der Waals surface area contributed by atoms with Crippen LogP contribution in [-0.4, -0.2) is 48.3 Å². The van der Waals surface area contributed by atoms with E-state index in [0.29, 0.717) is 35.5 Å². The van der Waals surface area contributed by atoms with E-state index >= 15 is 0 Å². The van der Waals surface area contributed by atoms with Gasteiger partial charge in [0.1, 0.15) is 11.6 Å². The molecule has 0 unspecified atom stereocenters. The van der Waals surface area contributed by atoms with Crippen LogP contribution in [0.5, 0.6) is 11.5 Å². The van der Waals surface area contributed by atoms with Gasteiger partial charge in [-0.15, -0.1) is 0 Å². The molecule has 0 radical (unpaired) electrons. The van der Waals surface area contributed by atoms with Crippen molar-refractivity contribution in [2.45, 2.75) is 45.6 Å². The molecular weight excluding hydrogens is 448 g/mol. The number of imidazole rings is 1. The van der Waals surface area contributed by atoms with Crippen LogP contribution >= 0.6 is 0 Å². The highest BCUT2D eigenvalue weighted by Gasteiger charge is 2.27. The van der Waals surface area contributed by atoms with Crippen LogP contribution in [0.3, 0.4) is 0 Å². The first-order valence-corrected chi connectivity index (χ1v) is 11.5. The van der Waals surface area contributed by atoms with Gasteiger partial charge < -0.3 is 20.1 Å². The lowest BCUT2D eigenvalue weighted by molar-refractivity contribution is -0.114. The largest absolute Gasteiger partial charge is 0.454 e. The number of nitrogens with one attached hydrogen (secondary N) is 2. The number of pyridine rings is 1. The molecule has 1 atom stereocenters. The molecule has 1 fully saturated rings. The Kier molecular flexibility index (Phi) is 5.85. The fourth-order valence-corrected chi connectivity index (χ4v) is 3.98. The van der Waals surface area contributed by atoms with E-state index in [-0.39, 0.29) is 17.4 Å². The maximum atomic E-state index is 11.3. The van der Waals surface area contributed by atoms with Crippen molar-refractivity contribution in [3.63, 3.8) is 0 Å². The molecule has 1 aliphatic rings. The molecule has 1 amide bonds. The summed E-state index contributed by atoms with van der Waals surface area (Å²) in [7, 11) is 0. The van der Waals surface area contributed by atoms with Crippen LogP contribution in [-0.2, 0) is 14.9 Å². The lowest BCUT2D eigenvalue weighted by Gasteiger charge is -2.22. The Balaban J connectivity index is 1.36. The molecule has 11 heteroatoms. The number of rotatable bonds is 6. The van der Waals surface area contributed by atoms with Gasteiger partial charge in [0.25, 0.3) is 0 Å². The Morgan fingerprint density at radius 1 is 1.14 bits per heavy atom. The quantitative estimate of drug-likeness (QED) is 0.427. The molecule has 0 aromatic carbocycles. The van der Waals surface area contributed by atoms with Crippen LogP contribution in [0, 0.1) is 0 Å². The van der Waals surface area contributed by atoms with Crippen molar-refractivity contribution in [1.82, 2.24) is 29.1 Å². The van der Waals surface area contributed by atoms with E-state index in [1.165, 1.54) is 6.92 Å². The minimum Gasteiger partial charge on any atom is -0.454 e. The lowest BCUT2D eigenvalue weighted by atomic mass is 9.91. The standard InChI is InChI=1S/C24H28N8O3/c1-15(33)27-20-9-17(5-7-25-20)35-18-11-26-23-29-22(13-31(23)12-18)28-21-10-19(24(2,3)4)32(30-21)16-6-8-34-14-16/h5,7,9-13,16H,6,8,14H2,1-4H3,(H,28,30)(H,25,27,33)/t16-/m1/s1. The van der Waals surface area contributed by atoms with E-state index in [1.54, 1.807) is 35.1 Å². The Hall–Kier alpha value is -3.99. The van der Waals surface area contributed by atoms with Crippen molar-refractivity contribution in [1.29, 1.82) is 0 Å². The van der Waals surface area contributed by atoms with E-state index in [4.69, 9.17) is 14.6 Å². The van der Waals surface area contributed by atoms with Gasteiger partial charge in [0.2, 0.25) is 11.7 Å². The van der Waals surface area contributed by atoms with E-state index in [2.05, 4.69) is 57.1 Å². The zero-order valence-corrected chi connectivity index (χ0v) is 20.1. The number of hydrogen-bond donors (Lipinski definition) is 2. The van der Waals surface area contributed by atoms with Crippen molar-refractivity contribution < 1.29 is 14.3 Å². The molecule has 182 valence electrons. The molecule has 4 aromatic rings. The number of amides is 1. The summed E-state index contributed by atoms with van der Waals surface area (Å²) in [6.45, 7) is 9.40. The van der Waals surface area contributed by atoms with Crippen LogP contribution < -0.4 is 15.4 Å². The molecule has 1 aliphatic heterocycles. The smallest absolute Gasteiger partial charge is 0.235 e. The van der Waals surface area contributed by atoms with Crippen LogP contribution in [0.2, 0.25) is 0 Å². The first-order chi connectivity index (χ1) is 16.7. The average Bonchev–Trinajstić information content (AvgIpc) is 3.52. The van der Waals surface area contributed by atoms with Gasteiger partial charge in [-0.05, 0) is 12.5 Å². The van der Waals surface area contributed by atoms with Gasteiger partial charge in [-0.25, -0.2) is 9.97 Å². The van der Waals surface area contributed by atoms with E-state index in [1.807, 2.05) is 6.20 Å². The summed E-state index contributed by atoms with van der Waals surface area (Å²) in [4.78, 5) is 24.3. The maximum Gasteiger partial charge on any atom is 0.235 e. The maximum absolute atomic E-state index is 11.3. The molecule has 2 N–H and O–H groups in total. The van der Waals surface area contributed by atoms with Crippen molar-refractivity contribution in [2.24, 2.45) is 0 Å². The van der Waals surface area contributed by atoms with Gasteiger partial charge in [-0.1, -0.05) is 20.8 Å². The molecule has 0 saturated carbocycles. The first-order valence-electron chi connectivity index (χ1n) is 11.5. The summed E-state index contributed by atoms with van der Waals surface area (Å²) in [5.74, 6) is 3.13. The number of carbonyl (C=O) groups is 1. The van der Waals surface area contributed by atoms with Crippen LogP contribution in [0.15, 0.2) is 43.0 Å². The van der Waals surface area contributed by atoms with Gasteiger partial charge in [0, 0.05) is 43.0 Å². The van der Waals surface area contributed by atoms with Crippen molar-refractivity contribution in [2.75, 3.05) is 23.8 Å². The predicted molar refractivity (Wildman–Crippen MR) is 130 cm³/mol. The van der Waals surface area contributed by atoms with Gasteiger partial charge in [-0.3, -0.25) is 13.9 Å². The Morgan fingerprint density at radius 3 is 2.74 bits per heavy atom. The summed E-state index contributed by atoms with van der Waals surface area (Å²) in [6.07, 6.45) is 7.73. The van der Waals surface area contributed by atoms with Gasteiger partial charge >= 0.3 is 0 Å². The number of aromatic nitrogens is 6. The monoisotopic (exact) mass is 476 g/mol. The first kappa shape index (κ1) is 22.8.